The minimum Gasteiger partial charge on any atom is -0.380 e. The number of rotatable bonds is 7. The van der Waals surface area contributed by atoms with Gasteiger partial charge in [0.2, 0.25) is 0 Å². The van der Waals surface area contributed by atoms with Gasteiger partial charge in [0.15, 0.2) is 5.96 Å². The van der Waals surface area contributed by atoms with Gasteiger partial charge in [-0.25, -0.2) is 0 Å². The van der Waals surface area contributed by atoms with Gasteiger partial charge in [-0.2, -0.15) is 0 Å². The fourth-order valence-electron chi connectivity index (χ4n) is 3.40. The summed E-state index contributed by atoms with van der Waals surface area (Å²) in [6, 6.07) is 12.6. The topological polar surface area (TPSA) is 68.9 Å². The monoisotopic (exact) mass is 512 g/mol. The average molecular weight is 512 g/mol. The molecule has 1 atom stereocenters. The number of para-hydroxylation sites is 1. The van der Waals surface area contributed by atoms with Gasteiger partial charge in [0, 0.05) is 64.1 Å². The first-order valence-electron chi connectivity index (χ1n) is 10.0. The van der Waals surface area contributed by atoms with E-state index >= 15 is 0 Å². The lowest BCUT2D eigenvalue weighted by molar-refractivity contribution is 0.169. The van der Waals surface area contributed by atoms with Crippen LogP contribution in [0, 0.1) is 5.92 Å². The van der Waals surface area contributed by atoms with Crippen LogP contribution >= 0.6 is 24.0 Å². The number of nitrogens with one attached hydrogen (secondary N) is 2. The minimum absolute atomic E-state index is 0. The number of aromatic nitrogens is 1. The molecule has 0 bridgehead atoms. The number of halogens is 1. The Balaban J connectivity index is 0.00000300. The van der Waals surface area contributed by atoms with E-state index in [2.05, 4.69) is 68.7 Å². The first kappa shape index (κ1) is 23.5. The third-order valence-electron chi connectivity index (χ3n) is 5.17. The van der Waals surface area contributed by atoms with Gasteiger partial charge in [-0.3, -0.25) is 9.89 Å². The lowest BCUT2D eigenvalue weighted by atomic mass is 10.0. The Kier molecular flexibility index (Phi) is 9.72. The molecule has 1 saturated heterocycles. The Morgan fingerprint density at radius 2 is 1.86 bits per heavy atom. The predicted molar refractivity (Wildman–Crippen MR) is 129 cm³/mol. The summed E-state index contributed by atoms with van der Waals surface area (Å²) >= 11 is 0. The fraction of sp³-hybridized carbons (Fsp3) is 0.524. The Labute approximate surface area is 190 Å². The van der Waals surface area contributed by atoms with Crippen molar-refractivity contribution >= 4 is 35.6 Å². The molecule has 8 heteroatoms. The van der Waals surface area contributed by atoms with Crippen molar-refractivity contribution < 1.29 is 4.52 Å². The molecule has 2 heterocycles. The lowest BCUT2D eigenvalue weighted by Gasteiger charge is -2.36. The maximum atomic E-state index is 4.93. The molecule has 2 aromatic rings. The van der Waals surface area contributed by atoms with Crippen molar-refractivity contribution in [1.82, 2.24) is 20.3 Å². The van der Waals surface area contributed by atoms with Crippen LogP contribution in [0.1, 0.15) is 19.5 Å². The van der Waals surface area contributed by atoms with E-state index in [0.717, 1.165) is 56.6 Å². The van der Waals surface area contributed by atoms with Crippen molar-refractivity contribution in [2.45, 2.75) is 26.4 Å². The van der Waals surface area contributed by atoms with Crippen LogP contribution in [-0.2, 0) is 6.54 Å². The highest BCUT2D eigenvalue weighted by molar-refractivity contribution is 14.0. The molecule has 1 aromatic carbocycles. The Morgan fingerprint density at radius 3 is 2.45 bits per heavy atom. The number of benzene rings is 1. The van der Waals surface area contributed by atoms with Gasteiger partial charge < -0.3 is 20.1 Å². The maximum absolute atomic E-state index is 4.93. The molecular weight excluding hydrogens is 479 g/mol. The van der Waals surface area contributed by atoms with E-state index in [4.69, 9.17) is 4.52 Å². The molecule has 0 radical (unpaired) electrons. The van der Waals surface area contributed by atoms with Gasteiger partial charge >= 0.3 is 0 Å². The highest BCUT2D eigenvalue weighted by Crippen LogP contribution is 2.12. The van der Waals surface area contributed by atoms with Gasteiger partial charge in [-0.1, -0.05) is 37.2 Å². The molecule has 7 nitrogen and oxygen atoms in total. The number of hydrogen-bond acceptors (Lipinski definition) is 5. The van der Waals surface area contributed by atoms with E-state index in [1.165, 1.54) is 0 Å². The first-order valence-corrected chi connectivity index (χ1v) is 10.0. The molecule has 1 aliphatic rings. The maximum Gasteiger partial charge on any atom is 0.193 e. The summed E-state index contributed by atoms with van der Waals surface area (Å²) in [6.07, 6.45) is 1.63. The second-order valence-corrected chi connectivity index (χ2v) is 7.54. The molecule has 0 amide bonds. The molecule has 1 fully saturated rings. The summed E-state index contributed by atoms with van der Waals surface area (Å²) in [7, 11) is 1.86. The largest absolute Gasteiger partial charge is 0.380 e. The van der Waals surface area contributed by atoms with Crippen molar-refractivity contribution in [2.75, 3.05) is 45.1 Å². The summed E-state index contributed by atoms with van der Waals surface area (Å²) < 4.78 is 4.93. The normalized spacial score (nSPS) is 16.4. The zero-order chi connectivity index (χ0) is 19.8. The standard InChI is InChI=1S/C21H32N6O.HI/c1-17(2)20(24-18-7-5-4-6-8-18)15-23-21(22-3)27-12-10-26(11-13-27)16-19-9-14-28-25-19;/h4-9,14,17,20,24H,10-13,15-16H2,1-3H3,(H,22,23);1H. The quantitative estimate of drug-likeness (QED) is 0.338. The van der Waals surface area contributed by atoms with E-state index < -0.39 is 0 Å². The highest BCUT2D eigenvalue weighted by Gasteiger charge is 2.21. The number of hydrogen-bond donors (Lipinski definition) is 2. The van der Waals surface area contributed by atoms with E-state index in [9.17, 15) is 0 Å². The van der Waals surface area contributed by atoms with E-state index in [-0.39, 0.29) is 24.0 Å². The molecular formula is C21H33IN6O. The zero-order valence-corrected chi connectivity index (χ0v) is 19.9. The molecule has 0 aliphatic carbocycles. The van der Waals surface area contributed by atoms with Crippen LogP contribution in [0.3, 0.4) is 0 Å². The Bertz CT molecular complexity index is 714. The first-order chi connectivity index (χ1) is 13.7. The summed E-state index contributed by atoms with van der Waals surface area (Å²) in [5.41, 5.74) is 2.14. The minimum atomic E-state index is 0. The number of guanidine groups is 1. The summed E-state index contributed by atoms with van der Waals surface area (Å²) in [4.78, 5) is 9.24. The third-order valence-corrected chi connectivity index (χ3v) is 5.17. The van der Waals surface area contributed by atoms with Crippen LogP contribution in [0.5, 0.6) is 0 Å². The molecule has 29 heavy (non-hydrogen) atoms. The van der Waals surface area contributed by atoms with Crippen LogP contribution < -0.4 is 10.6 Å². The number of nitrogens with zero attached hydrogens (tertiary/aromatic N) is 4. The average Bonchev–Trinajstić information content (AvgIpc) is 3.22. The molecule has 160 valence electrons. The van der Waals surface area contributed by atoms with Gasteiger partial charge in [0.25, 0.3) is 0 Å². The molecule has 0 spiro atoms. The second kappa shape index (κ2) is 12.0. The van der Waals surface area contributed by atoms with Crippen molar-refractivity contribution in [2.24, 2.45) is 10.9 Å². The predicted octanol–water partition coefficient (Wildman–Crippen LogP) is 3.12. The SMILES string of the molecule is CN=C(NCC(Nc1ccccc1)C(C)C)N1CCN(Cc2ccon2)CC1.I. The molecule has 1 unspecified atom stereocenters. The van der Waals surface area contributed by atoms with Crippen LogP contribution in [0.2, 0.25) is 0 Å². The van der Waals surface area contributed by atoms with Crippen molar-refractivity contribution in [3.63, 3.8) is 0 Å². The van der Waals surface area contributed by atoms with Gasteiger partial charge in [0.05, 0.1) is 5.69 Å². The van der Waals surface area contributed by atoms with E-state index in [0.29, 0.717) is 12.0 Å². The lowest BCUT2D eigenvalue weighted by Crippen LogP contribution is -2.53. The van der Waals surface area contributed by atoms with Gasteiger partial charge in [-0.15, -0.1) is 24.0 Å². The van der Waals surface area contributed by atoms with Crippen molar-refractivity contribution in [1.29, 1.82) is 0 Å². The van der Waals surface area contributed by atoms with Crippen LogP contribution in [0.25, 0.3) is 0 Å². The van der Waals surface area contributed by atoms with Crippen molar-refractivity contribution in [3.05, 3.63) is 48.4 Å². The van der Waals surface area contributed by atoms with Crippen LogP contribution in [0.15, 0.2) is 52.2 Å². The van der Waals surface area contributed by atoms with Gasteiger partial charge in [0.1, 0.15) is 6.26 Å². The second-order valence-electron chi connectivity index (χ2n) is 7.54. The number of aliphatic imine (C=N–C) groups is 1. The fourth-order valence-corrected chi connectivity index (χ4v) is 3.40. The summed E-state index contributed by atoms with van der Waals surface area (Å²) in [6.45, 7) is 10.0. The molecule has 3 rings (SSSR count). The summed E-state index contributed by atoms with van der Waals surface area (Å²) in [5.74, 6) is 1.48. The smallest absolute Gasteiger partial charge is 0.193 e. The highest BCUT2D eigenvalue weighted by atomic mass is 127. The van der Waals surface area contributed by atoms with Crippen LogP contribution in [0.4, 0.5) is 5.69 Å². The molecule has 1 aromatic heterocycles. The van der Waals surface area contributed by atoms with E-state index in [1.807, 2.05) is 19.2 Å². The molecule has 0 saturated carbocycles. The molecule has 1 aliphatic heterocycles. The molecule has 2 N–H and O–H groups in total. The third kappa shape index (κ3) is 7.18. The summed E-state index contributed by atoms with van der Waals surface area (Å²) in [5, 5.41) is 11.2. The number of anilines is 1. The van der Waals surface area contributed by atoms with Crippen molar-refractivity contribution in [3.8, 4) is 0 Å². The van der Waals surface area contributed by atoms with Gasteiger partial charge in [-0.05, 0) is 18.1 Å². The Morgan fingerprint density at radius 1 is 1.14 bits per heavy atom. The zero-order valence-electron chi connectivity index (χ0n) is 17.5. The Hall–Kier alpha value is -1.81. The number of piperazine rings is 1. The van der Waals surface area contributed by atoms with E-state index in [1.54, 1.807) is 6.26 Å². The van der Waals surface area contributed by atoms with Crippen LogP contribution in [-0.4, -0.2) is 66.7 Å².